The van der Waals surface area contributed by atoms with Crippen LogP contribution in [0.15, 0.2) is 35.1 Å². The van der Waals surface area contributed by atoms with Gasteiger partial charge < -0.3 is 15.0 Å². The van der Waals surface area contributed by atoms with E-state index in [0.29, 0.717) is 12.2 Å². The third kappa shape index (κ3) is 3.20. The highest BCUT2D eigenvalue weighted by molar-refractivity contribution is 5.45. The van der Waals surface area contributed by atoms with Gasteiger partial charge in [0.2, 0.25) is 0 Å². The van der Waals surface area contributed by atoms with Crippen molar-refractivity contribution in [3.8, 4) is 5.75 Å². The van der Waals surface area contributed by atoms with Crippen LogP contribution in [-0.4, -0.2) is 12.1 Å². The SMILES string of the molecule is CCc1cc(NCc2ccc(OC)cc2)c(=O)[nH]c1C. The van der Waals surface area contributed by atoms with Crippen molar-refractivity contribution in [3.05, 3.63) is 57.5 Å². The second-order valence-corrected chi connectivity index (χ2v) is 4.72. The molecule has 2 N–H and O–H groups in total. The molecule has 0 saturated heterocycles. The molecular weight excluding hydrogens is 252 g/mol. The minimum absolute atomic E-state index is 0.0757. The number of pyridine rings is 1. The normalized spacial score (nSPS) is 10.3. The standard InChI is InChI=1S/C16H20N2O2/c1-4-13-9-15(16(19)18-11(13)2)17-10-12-5-7-14(20-3)8-6-12/h5-9,17H,4,10H2,1-3H3,(H,18,19). The minimum Gasteiger partial charge on any atom is -0.497 e. The Balaban J connectivity index is 2.12. The lowest BCUT2D eigenvalue weighted by Crippen LogP contribution is -2.16. The maximum absolute atomic E-state index is 11.9. The molecule has 0 aliphatic heterocycles. The van der Waals surface area contributed by atoms with E-state index in [1.165, 1.54) is 0 Å². The average Bonchev–Trinajstić information content (AvgIpc) is 2.47. The zero-order chi connectivity index (χ0) is 14.5. The third-order valence-corrected chi connectivity index (χ3v) is 3.37. The second-order valence-electron chi connectivity index (χ2n) is 4.72. The van der Waals surface area contributed by atoms with E-state index in [1.54, 1.807) is 7.11 Å². The van der Waals surface area contributed by atoms with Crippen molar-refractivity contribution in [1.29, 1.82) is 0 Å². The molecule has 0 aliphatic carbocycles. The number of anilines is 1. The van der Waals surface area contributed by atoms with Gasteiger partial charge in [-0.2, -0.15) is 0 Å². The Morgan fingerprint density at radius 3 is 2.55 bits per heavy atom. The van der Waals surface area contributed by atoms with Gasteiger partial charge in [0.1, 0.15) is 11.4 Å². The molecule has 0 spiro atoms. The van der Waals surface area contributed by atoms with E-state index in [4.69, 9.17) is 4.74 Å². The van der Waals surface area contributed by atoms with Crippen molar-refractivity contribution in [1.82, 2.24) is 4.98 Å². The fourth-order valence-corrected chi connectivity index (χ4v) is 2.11. The summed E-state index contributed by atoms with van der Waals surface area (Å²) >= 11 is 0. The van der Waals surface area contributed by atoms with Crippen molar-refractivity contribution in [3.63, 3.8) is 0 Å². The van der Waals surface area contributed by atoms with Crippen molar-refractivity contribution >= 4 is 5.69 Å². The fraction of sp³-hybridized carbons (Fsp3) is 0.312. The van der Waals surface area contributed by atoms with Crippen LogP contribution in [0.5, 0.6) is 5.75 Å². The van der Waals surface area contributed by atoms with E-state index in [-0.39, 0.29) is 5.56 Å². The van der Waals surface area contributed by atoms with Gasteiger partial charge in [-0.1, -0.05) is 19.1 Å². The lowest BCUT2D eigenvalue weighted by Gasteiger charge is -2.09. The number of hydrogen-bond acceptors (Lipinski definition) is 3. The number of H-pyrrole nitrogens is 1. The van der Waals surface area contributed by atoms with E-state index in [2.05, 4.69) is 17.2 Å². The summed E-state index contributed by atoms with van der Waals surface area (Å²) < 4.78 is 5.12. The van der Waals surface area contributed by atoms with Gasteiger partial charge in [0.05, 0.1) is 7.11 Å². The van der Waals surface area contributed by atoms with Gasteiger partial charge in [0, 0.05) is 12.2 Å². The fourth-order valence-electron chi connectivity index (χ4n) is 2.11. The van der Waals surface area contributed by atoms with Crippen LogP contribution in [0.4, 0.5) is 5.69 Å². The van der Waals surface area contributed by atoms with E-state index in [9.17, 15) is 4.79 Å². The first kappa shape index (κ1) is 14.2. The largest absolute Gasteiger partial charge is 0.497 e. The van der Waals surface area contributed by atoms with E-state index in [0.717, 1.165) is 29.0 Å². The summed E-state index contributed by atoms with van der Waals surface area (Å²) in [4.78, 5) is 14.8. The molecule has 1 aromatic carbocycles. The molecule has 2 rings (SSSR count). The lowest BCUT2D eigenvalue weighted by molar-refractivity contribution is 0.414. The quantitative estimate of drug-likeness (QED) is 0.880. The Bertz CT molecular complexity index is 630. The van der Waals surface area contributed by atoms with Crippen LogP contribution in [0.2, 0.25) is 0 Å². The molecule has 0 aliphatic rings. The highest BCUT2D eigenvalue weighted by atomic mass is 16.5. The van der Waals surface area contributed by atoms with Crippen LogP contribution in [0, 0.1) is 6.92 Å². The van der Waals surface area contributed by atoms with Crippen LogP contribution in [0.3, 0.4) is 0 Å². The summed E-state index contributed by atoms with van der Waals surface area (Å²) in [5.41, 5.74) is 3.73. The Morgan fingerprint density at radius 2 is 1.95 bits per heavy atom. The molecule has 0 amide bonds. The molecule has 4 nitrogen and oxygen atoms in total. The van der Waals surface area contributed by atoms with Crippen molar-refractivity contribution in [2.24, 2.45) is 0 Å². The number of methoxy groups -OCH3 is 1. The summed E-state index contributed by atoms with van der Waals surface area (Å²) in [6, 6.07) is 9.71. The predicted molar refractivity (Wildman–Crippen MR) is 81.5 cm³/mol. The summed E-state index contributed by atoms with van der Waals surface area (Å²) in [6.07, 6.45) is 0.903. The number of ether oxygens (including phenoxy) is 1. The average molecular weight is 272 g/mol. The monoisotopic (exact) mass is 272 g/mol. The number of benzene rings is 1. The van der Waals surface area contributed by atoms with E-state index in [1.807, 2.05) is 37.3 Å². The van der Waals surface area contributed by atoms with Gasteiger partial charge in [-0.25, -0.2) is 0 Å². The van der Waals surface area contributed by atoms with E-state index >= 15 is 0 Å². The molecule has 0 saturated carbocycles. The molecule has 0 radical (unpaired) electrons. The molecule has 1 heterocycles. The lowest BCUT2D eigenvalue weighted by atomic mass is 10.1. The molecular formula is C16H20N2O2. The molecule has 4 heteroatoms. The van der Waals surface area contributed by atoms with Gasteiger partial charge in [-0.15, -0.1) is 0 Å². The molecule has 20 heavy (non-hydrogen) atoms. The summed E-state index contributed by atoms with van der Waals surface area (Å²) in [6.45, 7) is 4.61. The number of nitrogens with one attached hydrogen (secondary N) is 2. The Hall–Kier alpha value is -2.23. The molecule has 0 unspecified atom stereocenters. The van der Waals surface area contributed by atoms with Crippen molar-refractivity contribution in [2.75, 3.05) is 12.4 Å². The number of rotatable bonds is 5. The zero-order valence-electron chi connectivity index (χ0n) is 12.1. The van der Waals surface area contributed by atoms with Crippen LogP contribution in [0.1, 0.15) is 23.7 Å². The van der Waals surface area contributed by atoms with Crippen LogP contribution < -0.4 is 15.6 Å². The van der Waals surface area contributed by atoms with Gasteiger partial charge in [-0.3, -0.25) is 4.79 Å². The van der Waals surface area contributed by atoms with Gasteiger partial charge in [-0.05, 0) is 42.7 Å². The highest BCUT2D eigenvalue weighted by Gasteiger charge is 2.04. The van der Waals surface area contributed by atoms with Crippen molar-refractivity contribution in [2.45, 2.75) is 26.8 Å². The molecule has 2 aromatic rings. The second kappa shape index (κ2) is 6.28. The van der Waals surface area contributed by atoms with Crippen molar-refractivity contribution < 1.29 is 4.74 Å². The minimum atomic E-state index is -0.0757. The summed E-state index contributed by atoms with van der Waals surface area (Å²) in [7, 11) is 1.64. The number of hydrogen-bond donors (Lipinski definition) is 2. The molecule has 0 bridgehead atoms. The van der Waals surface area contributed by atoms with Crippen LogP contribution in [-0.2, 0) is 13.0 Å². The highest BCUT2D eigenvalue weighted by Crippen LogP contribution is 2.13. The zero-order valence-corrected chi connectivity index (χ0v) is 12.1. The van der Waals surface area contributed by atoms with Gasteiger partial charge in [0.15, 0.2) is 0 Å². The Kier molecular flexibility index (Phi) is 4.45. The molecule has 1 aromatic heterocycles. The van der Waals surface area contributed by atoms with Crippen LogP contribution >= 0.6 is 0 Å². The summed E-state index contributed by atoms with van der Waals surface area (Å²) in [5.74, 6) is 0.829. The van der Waals surface area contributed by atoms with Crippen LogP contribution in [0.25, 0.3) is 0 Å². The number of aryl methyl sites for hydroxylation is 2. The Morgan fingerprint density at radius 1 is 1.25 bits per heavy atom. The van der Waals surface area contributed by atoms with Gasteiger partial charge >= 0.3 is 0 Å². The number of aromatic amines is 1. The molecule has 0 fully saturated rings. The number of aromatic nitrogens is 1. The maximum Gasteiger partial charge on any atom is 0.271 e. The first-order valence-corrected chi connectivity index (χ1v) is 6.73. The smallest absolute Gasteiger partial charge is 0.271 e. The topological polar surface area (TPSA) is 54.1 Å². The first-order chi connectivity index (χ1) is 9.63. The predicted octanol–water partition coefficient (Wildman–Crippen LogP) is 2.87. The first-order valence-electron chi connectivity index (χ1n) is 6.73. The molecule has 0 atom stereocenters. The van der Waals surface area contributed by atoms with E-state index < -0.39 is 0 Å². The summed E-state index contributed by atoms with van der Waals surface area (Å²) in [5, 5.41) is 3.18. The molecule has 106 valence electrons. The third-order valence-electron chi connectivity index (χ3n) is 3.37. The van der Waals surface area contributed by atoms with Gasteiger partial charge in [0.25, 0.3) is 5.56 Å². The Labute approximate surface area is 118 Å². The maximum atomic E-state index is 11.9.